The third kappa shape index (κ3) is 4.92. The Morgan fingerprint density at radius 3 is 2.46 bits per heavy atom. The molecule has 0 amide bonds. The Morgan fingerprint density at radius 2 is 1.73 bits per heavy atom. The van der Waals surface area contributed by atoms with Crippen molar-refractivity contribution < 1.29 is 18.0 Å². The molecule has 5 rings (SSSR count). The number of carbonyl (C=O) groups is 1. The molecule has 0 aliphatic heterocycles. The number of anilines is 1. The van der Waals surface area contributed by atoms with E-state index in [1.54, 1.807) is 30.7 Å². The van der Waals surface area contributed by atoms with Gasteiger partial charge < -0.3 is 9.71 Å². The van der Waals surface area contributed by atoms with Gasteiger partial charge in [0.15, 0.2) is 5.82 Å². The first-order valence-electron chi connectivity index (χ1n) is 11.3. The Balaban J connectivity index is 1.48. The second kappa shape index (κ2) is 10.1. The lowest BCUT2D eigenvalue weighted by Crippen LogP contribution is -2.09. The van der Waals surface area contributed by atoms with Gasteiger partial charge in [-0.2, -0.15) is 0 Å². The number of nitrogens with one attached hydrogen (secondary N) is 2. The molecule has 0 radical (unpaired) electrons. The van der Waals surface area contributed by atoms with Crippen molar-refractivity contribution in [3.63, 3.8) is 0 Å². The lowest BCUT2D eigenvalue weighted by atomic mass is 10.0. The summed E-state index contributed by atoms with van der Waals surface area (Å²) in [6.45, 7) is 3.98. The molecule has 0 unspecified atom stereocenters. The van der Waals surface area contributed by atoms with Gasteiger partial charge in [0.1, 0.15) is 23.1 Å². The summed E-state index contributed by atoms with van der Waals surface area (Å²) in [6, 6.07) is 9.60. The number of hydrogen-bond donors (Lipinski definition) is 2. The molecular formula is C27H20F3N5OS. The van der Waals surface area contributed by atoms with Gasteiger partial charge >= 0.3 is 0 Å². The zero-order chi connectivity index (χ0) is 26.1. The van der Waals surface area contributed by atoms with Gasteiger partial charge in [0.05, 0.1) is 11.3 Å². The van der Waals surface area contributed by atoms with Crippen molar-refractivity contribution in [3.05, 3.63) is 102 Å². The number of hydrogen-bond acceptors (Lipinski definition) is 6. The zero-order valence-electron chi connectivity index (χ0n) is 19.7. The monoisotopic (exact) mass is 519 g/mol. The minimum Gasteiger partial charge on any atom is -0.345 e. The number of nitrogens with zero attached hydrogens (tertiary/aromatic N) is 3. The minimum atomic E-state index is -1.05. The molecule has 0 saturated heterocycles. The number of rotatable bonds is 7. The smallest absolute Gasteiger partial charge is 0.201 e. The van der Waals surface area contributed by atoms with Gasteiger partial charge in [-0.1, -0.05) is 19.9 Å². The average molecular weight is 520 g/mol. The van der Waals surface area contributed by atoms with Crippen LogP contribution < -0.4 is 4.72 Å². The van der Waals surface area contributed by atoms with Crippen LogP contribution in [0.25, 0.3) is 22.2 Å². The molecule has 3 aromatic heterocycles. The van der Waals surface area contributed by atoms with E-state index in [1.165, 1.54) is 30.5 Å². The third-order valence-electron chi connectivity index (χ3n) is 5.69. The van der Waals surface area contributed by atoms with Crippen molar-refractivity contribution in [2.45, 2.75) is 24.7 Å². The Bertz CT molecular complexity index is 1620. The fraction of sp³-hybridized carbons (Fsp3) is 0.111. The molecule has 0 aliphatic rings. The first-order chi connectivity index (χ1) is 17.8. The van der Waals surface area contributed by atoms with Crippen molar-refractivity contribution in [3.8, 4) is 11.1 Å². The predicted octanol–water partition coefficient (Wildman–Crippen LogP) is 6.91. The normalized spacial score (nSPS) is 11.3. The molecule has 0 spiro atoms. The lowest BCUT2D eigenvalue weighted by Gasteiger charge is -2.11. The summed E-state index contributed by atoms with van der Waals surface area (Å²) in [7, 11) is 0. The predicted molar refractivity (Wildman–Crippen MR) is 137 cm³/mol. The quantitative estimate of drug-likeness (QED) is 0.180. The molecule has 0 fully saturated rings. The highest BCUT2D eigenvalue weighted by Gasteiger charge is 2.25. The van der Waals surface area contributed by atoms with Gasteiger partial charge in [0.25, 0.3) is 0 Å². The Labute approximate surface area is 214 Å². The van der Waals surface area contributed by atoms with Crippen LogP contribution in [-0.4, -0.2) is 25.7 Å². The van der Waals surface area contributed by atoms with Crippen LogP contribution in [0, 0.1) is 17.5 Å². The molecule has 0 aliphatic carbocycles. The summed E-state index contributed by atoms with van der Waals surface area (Å²) in [5.41, 5.74) is 0.983. The molecule has 186 valence electrons. The number of carbonyl (C=O) groups excluding carboxylic acids is 1. The molecule has 5 aromatic rings. The first kappa shape index (κ1) is 24.5. The summed E-state index contributed by atoms with van der Waals surface area (Å²) in [5, 5.41) is 0.404. The molecule has 37 heavy (non-hydrogen) atoms. The summed E-state index contributed by atoms with van der Waals surface area (Å²) >= 11 is 0.939. The SMILES string of the molecule is CC(C)c1ncc(-c2cnc3[nH]cc(C(=O)c4c(F)ccc(NSc5cccc(F)c5)c4F)c3c2)cn1. The largest absolute Gasteiger partial charge is 0.345 e. The van der Waals surface area contributed by atoms with Crippen LogP contribution >= 0.6 is 11.9 Å². The Kier molecular flexibility index (Phi) is 6.66. The Hall–Kier alpha value is -4.18. The van der Waals surface area contributed by atoms with E-state index < -0.39 is 28.8 Å². The highest BCUT2D eigenvalue weighted by molar-refractivity contribution is 8.00. The topological polar surface area (TPSA) is 83.6 Å². The molecular weight excluding hydrogens is 499 g/mol. The van der Waals surface area contributed by atoms with E-state index in [4.69, 9.17) is 0 Å². The van der Waals surface area contributed by atoms with Gasteiger partial charge in [-0.05, 0) is 48.3 Å². The Morgan fingerprint density at radius 1 is 0.973 bits per heavy atom. The van der Waals surface area contributed by atoms with E-state index in [-0.39, 0.29) is 17.2 Å². The summed E-state index contributed by atoms with van der Waals surface area (Å²) < 4.78 is 46.3. The van der Waals surface area contributed by atoms with Crippen LogP contribution in [0.5, 0.6) is 0 Å². The third-order valence-corrected chi connectivity index (χ3v) is 6.50. The number of benzene rings is 2. The van der Waals surface area contributed by atoms with E-state index in [2.05, 4.69) is 24.7 Å². The van der Waals surface area contributed by atoms with E-state index in [1.807, 2.05) is 13.8 Å². The molecule has 10 heteroatoms. The highest BCUT2D eigenvalue weighted by atomic mass is 32.2. The van der Waals surface area contributed by atoms with E-state index >= 15 is 4.39 Å². The van der Waals surface area contributed by atoms with Crippen molar-refractivity contribution in [2.75, 3.05) is 4.72 Å². The lowest BCUT2D eigenvalue weighted by molar-refractivity contribution is 0.103. The van der Waals surface area contributed by atoms with Gasteiger partial charge in [-0.25, -0.2) is 28.1 Å². The summed E-state index contributed by atoms with van der Waals surface area (Å²) in [4.78, 5) is 29.8. The number of pyridine rings is 1. The van der Waals surface area contributed by atoms with Crippen LogP contribution in [0.15, 0.2) is 72.1 Å². The first-order valence-corrected chi connectivity index (χ1v) is 12.1. The second-order valence-electron chi connectivity index (χ2n) is 8.58. The van der Waals surface area contributed by atoms with Crippen molar-refractivity contribution in [2.24, 2.45) is 0 Å². The molecule has 0 atom stereocenters. The van der Waals surface area contributed by atoms with Gasteiger partial charge in [0.2, 0.25) is 5.78 Å². The van der Waals surface area contributed by atoms with Crippen molar-refractivity contribution in [1.29, 1.82) is 0 Å². The molecule has 0 saturated carbocycles. The van der Waals surface area contributed by atoms with Gasteiger partial charge in [-0.3, -0.25) is 4.79 Å². The molecule has 2 aromatic carbocycles. The fourth-order valence-corrected chi connectivity index (χ4v) is 4.46. The molecule has 0 bridgehead atoms. The molecule has 3 heterocycles. The van der Waals surface area contributed by atoms with Gasteiger partial charge in [0, 0.05) is 57.7 Å². The van der Waals surface area contributed by atoms with E-state index in [0.29, 0.717) is 32.9 Å². The summed E-state index contributed by atoms with van der Waals surface area (Å²) in [5.74, 6) is -2.47. The second-order valence-corrected chi connectivity index (χ2v) is 9.46. The number of aromatic amines is 1. The molecule has 6 nitrogen and oxygen atoms in total. The van der Waals surface area contributed by atoms with Crippen LogP contribution in [-0.2, 0) is 0 Å². The fourth-order valence-electron chi connectivity index (χ4n) is 3.75. The average Bonchev–Trinajstić information content (AvgIpc) is 3.32. The van der Waals surface area contributed by atoms with Crippen LogP contribution in [0.3, 0.4) is 0 Å². The maximum absolute atomic E-state index is 15.4. The number of H-pyrrole nitrogens is 1. The number of aromatic nitrogens is 4. The maximum Gasteiger partial charge on any atom is 0.201 e. The van der Waals surface area contributed by atoms with Crippen LogP contribution in [0.4, 0.5) is 18.9 Å². The molecule has 2 N–H and O–H groups in total. The van der Waals surface area contributed by atoms with Gasteiger partial charge in [-0.15, -0.1) is 0 Å². The minimum absolute atomic E-state index is 0.0665. The zero-order valence-corrected chi connectivity index (χ0v) is 20.5. The number of fused-ring (bicyclic) bond motifs is 1. The van der Waals surface area contributed by atoms with Crippen molar-refractivity contribution >= 4 is 34.5 Å². The standard InChI is InChI=1S/C27H20F3N5OS/c1-14(2)26-31-11-16(12-32-26)15-8-19-20(13-34-27(19)33-10-15)25(36)23-21(29)6-7-22(24(23)30)35-37-18-5-3-4-17(28)9-18/h3-14,35H,1-2H3,(H,33,34). The highest BCUT2D eigenvalue weighted by Crippen LogP contribution is 2.31. The number of ketones is 1. The van der Waals surface area contributed by atoms with Crippen LogP contribution in [0.1, 0.15) is 41.5 Å². The maximum atomic E-state index is 15.4. The van der Waals surface area contributed by atoms with E-state index in [0.717, 1.165) is 18.0 Å². The van der Waals surface area contributed by atoms with E-state index in [9.17, 15) is 13.6 Å². The van der Waals surface area contributed by atoms with Crippen molar-refractivity contribution in [1.82, 2.24) is 19.9 Å². The number of halogens is 3. The summed E-state index contributed by atoms with van der Waals surface area (Å²) in [6.07, 6.45) is 6.33. The van der Waals surface area contributed by atoms with Crippen LogP contribution in [0.2, 0.25) is 0 Å².